The molecule has 1 fully saturated rings. The highest BCUT2D eigenvalue weighted by Crippen LogP contribution is 2.37. The average Bonchev–Trinajstić information content (AvgIpc) is 2.80. The number of aromatic nitrogens is 1. The predicted molar refractivity (Wildman–Crippen MR) is 128 cm³/mol. The van der Waals surface area contributed by atoms with Gasteiger partial charge in [0.05, 0.1) is 14.8 Å². The van der Waals surface area contributed by atoms with Crippen LogP contribution in [0.2, 0.25) is 0 Å². The van der Waals surface area contributed by atoms with Crippen LogP contribution in [0.15, 0.2) is 76.8 Å². The number of anilines is 1. The molecule has 2 heterocycles. The molecule has 0 unspecified atom stereocenters. The van der Waals surface area contributed by atoms with Gasteiger partial charge in [0.15, 0.2) is 9.84 Å². The smallest absolute Gasteiger partial charge is 0.292 e. The zero-order chi connectivity index (χ0) is 23.4. The molecule has 0 aliphatic carbocycles. The minimum atomic E-state index is -3.30. The third-order valence-electron chi connectivity index (χ3n) is 5.34. The second-order valence-corrected chi connectivity index (χ2v) is 11.1. The van der Waals surface area contributed by atoms with Gasteiger partial charge in [-0.3, -0.25) is 10.1 Å². The van der Waals surface area contributed by atoms with E-state index in [0.717, 1.165) is 24.1 Å². The molecule has 1 aliphatic rings. The lowest BCUT2D eigenvalue weighted by atomic mass is 10.1. The van der Waals surface area contributed by atoms with Crippen molar-refractivity contribution in [3.8, 4) is 11.5 Å². The highest BCUT2D eigenvalue weighted by molar-refractivity contribution is 7.99. The third-order valence-corrected chi connectivity index (χ3v) is 7.76. The fourth-order valence-corrected chi connectivity index (χ4v) is 5.36. The second kappa shape index (κ2) is 9.80. The van der Waals surface area contributed by atoms with Crippen molar-refractivity contribution < 1.29 is 18.1 Å². The monoisotopic (exact) mass is 485 g/mol. The van der Waals surface area contributed by atoms with Gasteiger partial charge in [0.25, 0.3) is 5.69 Å². The standard InChI is InChI=1S/C23H23N3O5S2/c1-33(29,30)20-8-5-17(6-9-20)31-18-7-10-21(26(27)28)22(16-18)25-14-11-19(12-15-25)32-23-4-2-3-13-24-23/h2-10,13,16,19H,11-12,14-15H2,1H3. The Morgan fingerprint density at radius 3 is 2.36 bits per heavy atom. The van der Waals surface area contributed by atoms with Gasteiger partial charge in [-0.2, -0.15) is 0 Å². The molecule has 0 amide bonds. The summed E-state index contributed by atoms with van der Waals surface area (Å²) < 4.78 is 29.1. The van der Waals surface area contributed by atoms with Gasteiger partial charge in [-0.15, -0.1) is 11.8 Å². The van der Waals surface area contributed by atoms with Crippen molar-refractivity contribution in [1.29, 1.82) is 0 Å². The lowest BCUT2D eigenvalue weighted by Crippen LogP contribution is -2.35. The van der Waals surface area contributed by atoms with Crippen molar-refractivity contribution in [2.24, 2.45) is 0 Å². The maximum atomic E-state index is 11.6. The Balaban J connectivity index is 1.48. The molecule has 1 aliphatic heterocycles. The molecule has 0 saturated carbocycles. The van der Waals surface area contributed by atoms with Crippen LogP contribution >= 0.6 is 11.8 Å². The topological polar surface area (TPSA) is 103 Å². The first-order chi connectivity index (χ1) is 15.8. The molecule has 8 nitrogen and oxygen atoms in total. The van der Waals surface area contributed by atoms with E-state index in [9.17, 15) is 18.5 Å². The second-order valence-electron chi connectivity index (χ2n) is 7.73. The SMILES string of the molecule is CS(=O)(=O)c1ccc(Oc2ccc([N+](=O)[O-])c(N3CCC(Sc4ccccn4)CC3)c2)cc1. The summed E-state index contributed by atoms with van der Waals surface area (Å²) in [5.41, 5.74) is 0.553. The van der Waals surface area contributed by atoms with E-state index in [1.807, 2.05) is 23.1 Å². The van der Waals surface area contributed by atoms with Gasteiger partial charge in [0.1, 0.15) is 17.2 Å². The van der Waals surface area contributed by atoms with Crippen LogP contribution in [0.3, 0.4) is 0 Å². The van der Waals surface area contributed by atoms with E-state index >= 15 is 0 Å². The van der Waals surface area contributed by atoms with E-state index in [2.05, 4.69) is 4.98 Å². The fraction of sp³-hybridized carbons (Fsp3) is 0.261. The van der Waals surface area contributed by atoms with Crippen LogP contribution in [0, 0.1) is 10.1 Å². The average molecular weight is 486 g/mol. The zero-order valence-corrected chi connectivity index (χ0v) is 19.6. The predicted octanol–water partition coefficient (Wildman–Crippen LogP) is 4.95. The fourth-order valence-electron chi connectivity index (χ4n) is 3.67. The lowest BCUT2D eigenvalue weighted by Gasteiger charge is -2.33. The Bertz CT molecular complexity index is 1230. The minimum absolute atomic E-state index is 0.0330. The van der Waals surface area contributed by atoms with E-state index < -0.39 is 9.84 Å². The molecule has 1 saturated heterocycles. The van der Waals surface area contributed by atoms with Crippen molar-refractivity contribution in [2.75, 3.05) is 24.2 Å². The number of nitro groups is 1. The van der Waals surface area contributed by atoms with Gasteiger partial charge in [0.2, 0.25) is 0 Å². The highest BCUT2D eigenvalue weighted by Gasteiger charge is 2.26. The molecule has 4 rings (SSSR count). The summed E-state index contributed by atoms with van der Waals surface area (Å²) in [4.78, 5) is 17.8. The number of nitrogens with zero attached hydrogens (tertiary/aromatic N) is 3. The number of thioether (sulfide) groups is 1. The maximum Gasteiger partial charge on any atom is 0.292 e. The lowest BCUT2D eigenvalue weighted by molar-refractivity contribution is -0.384. The van der Waals surface area contributed by atoms with E-state index in [-0.39, 0.29) is 15.5 Å². The number of nitro benzene ring substituents is 1. The van der Waals surface area contributed by atoms with Gasteiger partial charge < -0.3 is 9.64 Å². The first kappa shape index (κ1) is 23.1. The number of hydrogen-bond donors (Lipinski definition) is 0. The number of hydrogen-bond acceptors (Lipinski definition) is 8. The number of benzene rings is 2. The van der Waals surface area contributed by atoms with Crippen molar-refractivity contribution in [2.45, 2.75) is 28.0 Å². The molecule has 0 radical (unpaired) electrons. The molecule has 1 aromatic heterocycles. The molecule has 0 spiro atoms. The van der Waals surface area contributed by atoms with Crippen LogP contribution in [0.5, 0.6) is 11.5 Å². The van der Waals surface area contributed by atoms with Crippen LogP contribution in [0.4, 0.5) is 11.4 Å². The minimum Gasteiger partial charge on any atom is -0.457 e. The number of piperidine rings is 1. The van der Waals surface area contributed by atoms with Crippen LogP contribution < -0.4 is 9.64 Å². The van der Waals surface area contributed by atoms with Gasteiger partial charge in [-0.25, -0.2) is 13.4 Å². The summed E-state index contributed by atoms with van der Waals surface area (Å²) in [6, 6.07) is 16.6. The highest BCUT2D eigenvalue weighted by atomic mass is 32.2. The molecular formula is C23H23N3O5S2. The molecule has 0 atom stereocenters. The number of rotatable bonds is 7. The summed E-state index contributed by atoms with van der Waals surface area (Å²) in [5.74, 6) is 0.903. The first-order valence-electron chi connectivity index (χ1n) is 10.4. The Morgan fingerprint density at radius 2 is 1.76 bits per heavy atom. The third kappa shape index (κ3) is 5.82. The van der Waals surface area contributed by atoms with E-state index in [1.165, 1.54) is 18.2 Å². The van der Waals surface area contributed by atoms with Crippen molar-refractivity contribution >= 4 is 33.0 Å². The Kier molecular flexibility index (Phi) is 6.85. The van der Waals surface area contributed by atoms with Crippen molar-refractivity contribution in [3.63, 3.8) is 0 Å². The summed E-state index contributed by atoms with van der Waals surface area (Å²) in [6.07, 6.45) is 4.69. The van der Waals surface area contributed by atoms with Crippen LogP contribution in [0.25, 0.3) is 0 Å². The van der Waals surface area contributed by atoms with Crippen LogP contribution in [-0.4, -0.2) is 42.9 Å². The van der Waals surface area contributed by atoms with E-state index in [0.29, 0.717) is 35.5 Å². The maximum absolute atomic E-state index is 11.6. The van der Waals surface area contributed by atoms with E-state index in [4.69, 9.17) is 4.74 Å². The Morgan fingerprint density at radius 1 is 1.06 bits per heavy atom. The molecule has 33 heavy (non-hydrogen) atoms. The summed E-state index contributed by atoms with van der Waals surface area (Å²) in [6.45, 7) is 1.38. The largest absolute Gasteiger partial charge is 0.457 e. The molecule has 10 heteroatoms. The van der Waals surface area contributed by atoms with Crippen LogP contribution in [-0.2, 0) is 9.84 Å². The number of pyridine rings is 1. The molecular weight excluding hydrogens is 462 g/mol. The molecule has 172 valence electrons. The number of sulfone groups is 1. The summed E-state index contributed by atoms with van der Waals surface area (Å²) in [5, 5.41) is 13.0. The summed E-state index contributed by atoms with van der Waals surface area (Å²) >= 11 is 1.74. The van der Waals surface area contributed by atoms with Crippen molar-refractivity contribution in [1.82, 2.24) is 4.98 Å². The molecule has 0 N–H and O–H groups in total. The van der Waals surface area contributed by atoms with Crippen molar-refractivity contribution in [3.05, 3.63) is 77.0 Å². The van der Waals surface area contributed by atoms with Crippen LogP contribution in [0.1, 0.15) is 12.8 Å². The molecule has 2 aromatic carbocycles. The van der Waals surface area contributed by atoms with Gasteiger partial charge in [0, 0.05) is 42.9 Å². The van der Waals surface area contributed by atoms with Gasteiger partial charge in [-0.05, 0) is 55.3 Å². The van der Waals surface area contributed by atoms with Gasteiger partial charge >= 0.3 is 0 Å². The number of ether oxygens (including phenoxy) is 1. The quantitative estimate of drug-likeness (QED) is 0.342. The summed E-state index contributed by atoms with van der Waals surface area (Å²) in [7, 11) is -3.30. The molecule has 3 aromatic rings. The normalized spacial score (nSPS) is 14.8. The van der Waals surface area contributed by atoms with Gasteiger partial charge in [-0.1, -0.05) is 6.07 Å². The Hall–Kier alpha value is -3.11. The molecule has 0 bridgehead atoms. The Labute approximate surface area is 196 Å². The zero-order valence-electron chi connectivity index (χ0n) is 18.0. The van der Waals surface area contributed by atoms with E-state index in [1.54, 1.807) is 42.2 Å². The first-order valence-corrected chi connectivity index (χ1v) is 13.2.